The van der Waals surface area contributed by atoms with Crippen LogP contribution in [0.5, 0.6) is 0 Å². The van der Waals surface area contributed by atoms with Crippen LogP contribution in [0.3, 0.4) is 0 Å². The van der Waals surface area contributed by atoms with Gasteiger partial charge in [-0.1, -0.05) is 6.92 Å². The second-order valence-electron chi connectivity index (χ2n) is 4.00. The van der Waals surface area contributed by atoms with E-state index in [0.29, 0.717) is 23.5 Å². The van der Waals surface area contributed by atoms with Crippen LogP contribution in [-0.2, 0) is 9.53 Å². The molecule has 0 radical (unpaired) electrons. The molecule has 0 saturated heterocycles. The summed E-state index contributed by atoms with van der Waals surface area (Å²) < 4.78 is 4.62. The van der Waals surface area contributed by atoms with Gasteiger partial charge in [-0.2, -0.15) is 0 Å². The molecule has 0 bridgehead atoms. The minimum atomic E-state index is -0.446. The lowest BCUT2D eigenvalue weighted by atomic mass is 10.1. The summed E-state index contributed by atoms with van der Waals surface area (Å²) in [6, 6.07) is 4.73. The Morgan fingerprint density at radius 3 is 2.74 bits per heavy atom. The number of methoxy groups -OCH3 is 1. The molecule has 6 nitrogen and oxygen atoms in total. The van der Waals surface area contributed by atoms with Crippen LogP contribution in [0.15, 0.2) is 18.2 Å². The van der Waals surface area contributed by atoms with E-state index in [0.717, 1.165) is 6.42 Å². The third kappa shape index (κ3) is 4.50. The fraction of sp³-hybridized carbons (Fsp3) is 0.385. The van der Waals surface area contributed by atoms with E-state index in [1.54, 1.807) is 18.2 Å². The first-order valence-electron chi connectivity index (χ1n) is 6.07. The smallest absolute Gasteiger partial charge is 0.337 e. The Hall–Kier alpha value is -2.24. The summed E-state index contributed by atoms with van der Waals surface area (Å²) in [6.45, 7) is 2.72. The number of nitrogen functional groups attached to an aromatic ring is 1. The van der Waals surface area contributed by atoms with Gasteiger partial charge in [-0.3, -0.25) is 4.79 Å². The Morgan fingerprint density at radius 2 is 2.11 bits per heavy atom. The SMILES string of the molecule is CCCNC(=O)CNc1cc(C(=O)OC)ccc1N. The average molecular weight is 265 g/mol. The average Bonchev–Trinajstić information content (AvgIpc) is 2.43. The van der Waals surface area contributed by atoms with Gasteiger partial charge in [-0.25, -0.2) is 4.79 Å². The van der Waals surface area contributed by atoms with Crippen molar-refractivity contribution in [3.63, 3.8) is 0 Å². The van der Waals surface area contributed by atoms with Crippen molar-refractivity contribution in [3.8, 4) is 0 Å². The predicted octanol–water partition coefficient (Wildman–Crippen LogP) is 0.993. The number of esters is 1. The highest BCUT2D eigenvalue weighted by atomic mass is 16.5. The van der Waals surface area contributed by atoms with Crippen LogP contribution in [0.4, 0.5) is 11.4 Å². The monoisotopic (exact) mass is 265 g/mol. The lowest BCUT2D eigenvalue weighted by Gasteiger charge is -2.10. The van der Waals surface area contributed by atoms with Gasteiger partial charge in [0.05, 0.1) is 30.6 Å². The van der Waals surface area contributed by atoms with E-state index in [1.807, 2.05) is 6.92 Å². The third-order valence-corrected chi connectivity index (χ3v) is 2.49. The summed E-state index contributed by atoms with van der Waals surface area (Å²) in [5, 5.41) is 5.63. The molecule has 0 unspecified atom stereocenters. The van der Waals surface area contributed by atoms with Crippen molar-refractivity contribution in [2.45, 2.75) is 13.3 Å². The zero-order chi connectivity index (χ0) is 14.3. The Labute approximate surface area is 112 Å². The van der Waals surface area contributed by atoms with E-state index >= 15 is 0 Å². The quantitative estimate of drug-likeness (QED) is 0.527. The number of rotatable bonds is 6. The molecule has 0 saturated carbocycles. The molecule has 0 aliphatic rings. The molecule has 1 aromatic rings. The maximum Gasteiger partial charge on any atom is 0.337 e. The van der Waals surface area contributed by atoms with Crippen LogP contribution in [0.1, 0.15) is 23.7 Å². The maximum absolute atomic E-state index is 11.5. The molecule has 1 amide bonds. The Balaban J connectivity index is 2.67. The largest absolute Gasteiger partial charge is 0.465 e. The van der Waals surface area contributed by atoms with E-state index in [2.05, 4.69) is 15.4 Å². The maximum atomic E-state index is 11.5. The van der Waals surface area contributed by atoms with Crippen LogP contribution in [0.25, 0.3) is 0 Å². The number of ether oxygens (including phenoxy) is 1. The number of anilines is 2. The number of nitrogens with one attached hydrogen (secondary N) is 2. The fourth-order valence-corrected chi connectivity index (χ4v) is 1.46. The standard InChI is InChI=1S/C13H19N3O3/c1-3-6-15-12(17)8-16-11-7-9(13(18)19-2)4-5-10(11)14/h4-5,7,16H,3,6,8,14H2,1-2H3,(H,15,17). The van der Waals surface area contributed by atoms with Crippen LogP contribution in [0, 0.1) is 0 Å². The molecule has 0 heterocycles. The summed E-state index contributed by atoms with van der Waals surface area (Å²) in [6.07, 6.45) is 0.881. The number of carbonyl (C=O) groups excluding carboxylic acids is 2. The molecular formula is C13H19N3O3. The zero-order valence-corrected chi connectivity index (χ0v) is 11.2. The van der Waals surface area contributed by atoms with Crippen molar-refractivity contribution < 1.29 is 14.3 Å². The number of hydrogen-bond acceptors (Lipinski definition) is 5. The summed E-state index contributed by atoms with van der Waals surface area (Å²) >= 11 is 0. The van der Waals surface area contributed by atoms with Crippen LogP contribution in [0.2, 0.25) is 0 Å². The Morgan fingerprint density at radius 1 is 1.37 bits per heavy atom. The van der Waals surface area contributed by atoms with Gasteiger partial charge in [-0.05, 0) is 24.6 Å². The number of carbonyl (C=O) groups is 2. The van der Waals surface area contributed by atoms with Gasteiger partial charge in [0.1, 0.15) is 0 Å². The van der Waals surface area contributed by atoms with Gasteiger partial charge >= 0.3 is 5.97 Å². The molecule has 1 rings (SSSR count). The molecule has 0 aromatic heterocycles. The van der Waals surface area contributed by atoms with Gasteiger partial charge in [0.15, 0.2) is 0 Å². The van der Waals surface area contributed by atoms with Crippen molar-refractivity contribution in [2.75, 3.05) is 31.2 Å². The van der Waals surface area contributed by atoms with Gasteiger partial charge in [-0.15, -0.1) is 0 Å². The number of nitrogens with two attached hydrogens (primary N) is 1. The van der Waals surface area contributed by atoms with E-state index in [4.69, 9.17) is 5.73 Å². The van der Waals surface area contributed by atoms with Crippen LogP contribution in [-0.4, -0.2) is 32.1 Å². The first-order valence-corrected chi connectivity index (χ1v) is 6.07. The minimum absolute atomic E-state index is 0.106. The van der Waals surface area contributed by atoms with Gasteiger partial charge in [0.25, 0.3) is 0 Å². The number of amides is 1. The van der Waals surface area contributed by atoms with E-state index in [1.165, 1.54) is 7.11 Å². The molecule has 19 heavy (non-hydrogen) atoms. The summed E-state index contributed by atoms with van der Waals surface area (Å²) in [7, 11) is 1.31. The van der Waals surface area contributed by atoms with E-state index in [9.17, 15) is 9.59 Å². The number of benzene rings is 1. The zero-order valence-electron chi connectivity index (χ0n) is 11.2. The van der Waals surface area contributed by atoms with Crippen molar-refractivity contribution in [1.29, 1.82) is 0 Å². The van der Waals surface area contributed by atoms with E-state index in [-0.39, 0.29) is 12.5 Å². The van der Waals surface area contributed by atoms with Crippen LogP contribution < -0.4 is 16.4 Å². The number of hydrogen-bond donors (Lipinski definition) is 3. The summed E-state index contributed by atoms with van der Waals surface area (Å²) in [5.41, 5.74) is 7.16. The Kier molecular flexibility index (Phi) is 5.66. The molecule has 6 heteroatoms. The molecule has 0 aliphatic heterocycles. The third-order valence-electron chi connectivity index (χ3n) is 2.49. The van der Waals surface area contributed by atoms with Crippen molar-refractivity contribution in [3.05, 3.63) is 23.8 Å². The molecule has 104 valence electrons. The molecule has 0 atom stereocenters. The predicted molar refractivity (Wildman–Crippen MR) is 74.0 cm³/mol. The van der Waals surface area contributed by atoms with Crippen molar-refractivity contribution >= 4 is 23.3 Å². The molecule has 0 fully saturated rings. The fourth-order valence-electron chi connectivity index (χ4n) is 1.46. The van der Waals surface area contributed by atoms with Gasteiger partial charge in [0.2, 0.25) is 5.91 Å². The second-order valence-corrected chi connectivity index (χ2v) is 4.00. The highest BCUT2D eigenvalue weighted by Crippen LogP contribution is 2.20. The molecule has 4 N–H and O–H groups in total. The van der Waals surface area contributed by atoms with Crippen molar-refractivity contribution in [2.24, 2.45) is 0 Å². The lowest BCUT2D eigenvalue weighted by Crippen LogP contribution is -2.30. The van der Waals surface area contributed by atoms with Crippen molar-refractivity contribution in [1.82, 2.24) is 5.32 Å². The highest BCUT2D eigenvalue weighted by molar-refractivity contribution is 5.92. The first kappa shape index (κ1) is 14.8. The second kappa shape index (κ2) is 7.25. The highest BCUT2D eigenvalue weighted by Gasteiger charge is 2.09. The van der Waals surface area contributed by atoms with E-state index < -0.39 is 5.97 Å². The molecular weight excluding hydrogens is 246 g/mol. The van der Waals surface area contributed by atoms with Crippen LogP contribution >= 0.6 is 0 Å². The minimum Gasteiger partial charge on any atom is -0.465 e. The summed E-state index contributed by atoms with van der Waals surface area (Å²) in [5.74, 6) is -0.566. The lowest BCUT2D eigenvalue weighted by molar-refractivity contribution is -0.119. The van der Waals surface area contributed by atoms with Gasteiger partial charge < -0.3 is 21.1 Å². The molecule has 0 aliphatic carbocycles. The molecule has 0 spiro atoms. The molecule has 1 aromatic carbocycles. The normalized spacial score (nSPS) is 9.79. The summed E-state index contributed by atoms with van der Waals surface area (Å²) in [4.78, 5) is 22.8. The topological polar surface area (TPSA) is 93.5 Å². The van der Waals surface area contributed by atoms with Gasteiger partial charge in [0, 0.05) is 6.54 Å². The Bertz CT molecular complexity index is 460. The first-order chi connectivity index (χ1) is 9.08.